The van der Waals surface area contributed by atoms with Crippen molar-refractivity contribution in [3.8, 4) is 0 Å². The molecule has 1 saturated heterocycles. The van der Waals surface area contributed by atoms with E-state index in [2.05, 4.69) is 13.8 Å². The van der Waals surface area contributed by atoms with E-state index in [0.717, 1.165) is 32.1 Å². The number of fused-ring (bicyclic) bond motifs is 1. The minimum absolute atomic E-state index is 0.0382. The molecule has 22 heavy (non-hydrogen) atoms. The molecule has 124 valence electrons. The van der Waals surface area contributed by atoms with E-state index >= 15 is 0 Å². The van der Waals surface area contributed by atoms with Crippen molar-refractivity contribution in [3.63, 3.8) is 0 Å². The Kier molecular flexibility index (Phi) is 2.89. The lowest BCUT2D eigenvalue weighted by Crippen LogP contribution is -2.46. The summed E-state index contributed by atoms with van der Waals surface area (Å²) in [6, 6.07) is 0.381. The molecule has 5 nitrogen and oxygen atoms in total. The lowest BCUT2D eigenvalue weighted by atomic mass is 9.69. The number of amides is 1. The third-order valence-electron chi connectivity index (χ3n) is 7.31. The van der Waals surface area contributed by atoms with Crippen LogP contribution in [0.15, 0.2) is 0 Å². The summed E-state index contributed by atoms with van der Waals surface area (Å²) in [6.45, 7) is 4.52. The number of hydrogen-bond donors (Lipinski definition) is 0. The number of rotatable bonds is 3. The van der Waals surface area contributed by atoms with Gasteiger partial charge in [0.05, 0.1) is 12.3 Å². The van der Waals surface area contributed by atoms with Crippen LogP contribution in [0.2, 0.25) is 0 Å². The Morgan fingerprint density at radius 2 is 1.95 bits per heavy atom. The summed E-state index contributed by atoms with van der Waals surface area (Å²) in [7, 11) is -1.50. The molecule has 4 fully saturated rings. The Hall–Kier alpha value is -0.620. The monoisotopic (exact) mass is 326 g/mol. The third kappa shape index (κ3) is 1.74. The van der Waals surface area contributed by atoms with Gasteiger partial charge in [0.25, 0.3) is 0 Å². The average Bonchev–Trinajstić information content (AvgIpc) is 3.17. The number of hydrogen-bond acceptors (Lipinski definition) is 3. The highest BCUT2D eigenvalue weighted by molar-refractivity contribution is 7.89. The van der Waals surface area contributed by atoms with E-state index in [1.54, 1.807) is 9.21 Å². The van der Waals surface area contributed by atoms with Crippen LogP contribution in [-0.2, 0) is 14.8 Å². The van der Waals surface area contributed by atoms with Crippen molar-refractivity contribution >= 4 is 15.9 Å². The molecule has 0 N–H and O–H groups in total. The summed E-state index contributed by atoms with van der Waals surface area (Å²) in [5, 5.41) is 0. The first kappa shape index (κ1) is 14.9. The predicted molar refractivity (Wildman–Crippen MR) is 83.6 cm³/mol. The Balaban J connectivity index is 1.62. The van der Waals surface area contributed by atoms with Crippen molar-refractivity contribution < 1.29 is 13.2 Å². The van der Waals surface area contributed by atoms with Gasteiger partial charge in [-0.1, -0.05) is 13.8 Å². The molecule has 4 rings (SSSR count). The van der Waals surface area contributed by atoms with Crippen LogP contribution < -0.4 is 0 Å². The van der Waals surface area contributed by atoms with Gasteiger partial charge in [-0.15, -0.1) is 0 Å². The van der Waals surface area contributed by atoms with Crippen molar-refractivity contribution in [2.45, 2.75) is 58.0 Å². The van der Waals surface area contributed by atoms with E-state index < -0.39 is 10.0 Å². The molecule has 1 aliphatic heterocycles. The minimum Gasteiger partial charge on any atom is -0.342 e. The Morgan fingerprint density at radius 3 is 2.55 bits per heavy atom. The first-order chi connectivity index (χ1) is 10.2. The zero-order valence-corrected chi connectivity index (χ0v) is 14.5. The molecular formula is C16H26N2O3S. The molecule has 3 saturated carbocycles. The average molecular weight is 326 g/mol. The fraction of sp³-hybridized carbons (Fsp3) is 0.938. The number of likely N-dealkylation sites (N-methyl/N-ethyl adjacent to an activating group) is 1. The van der Waals surface area contributed by atoms with Crippen LogP contribution in [0.3, 0.4) is 0 Å². The molecule has 0 unspecified atom stereocenters. The molecule has 0 aromatic carbocycles. The molecule has 0 radical (unpaired) electrons. The molecule has 3 atom stereocenters. The Bertz CT molecular complexity index is 625. The minimum atomic E-state index is -3.31. The van der Waals surface area contributed by atoms with Crippen molar-refractivity contribution in [2.75, 3.05) is 19.3 Å². The second-order valence-corrected chi connectivity index (χ2v) is 10.3. The van der Waals surface area contributed by atoms with Gasteiger partial charge >= 0.3 is 0 Å². The molecule has 1 spiro atoms. The molecule has 0 aromatic rings. The summed E-state index contributed by atoms with van der Waals surface area (Å²) < 4.78 is 27.1. The van der Waals surface area contributed by atoms with Gasteiger partial charge in [-0.3, -0.25) is 4.79 Å². The molecule has 4 aliphatic rings. The first-order valence-corrected chi connectivity index (χ1v) is 10.1. The van der Waals surface area contributed by atoms with Crippen LogP contribution in [-0.4, -0.2) is 55.0 Å². The molecule has 1 heterocycles. The smallest absolute Gasteiger partial charge is 0.237 e. The van der Waals surface area contributed by atoms with Crippen LogP contribution in [0.1, 0.15) is 46.0 Å². The lowest BCUT2D eigenvalue weighted by Gasteiger charge is -2.37. The van der Waals surface area contributed by atoms with Gasteiger partial charge in [-0.05, 0) is 43.4 Å². The van der Waals surface area contributed by atoms with Gasteiger partial charge in [0.1, 0.15) is 0 Å². The maximum absolute atomic E-state index is 12.7. The van der Waals surface area contributed by atoms with E-state index in [4.69, 9.17) is 0 Å². The van der Waals surface area contributed by atoms with Gasteiger partial charge in [-0.2, -0.15) is 4.31 Å². The fourth-order valence-corrected chi connectivity index (χ4v) is 8.00. The quantitative estimate of drug-likeness (QED) is 0.789. The Labute approximate surface area is 133 Å². The van der Waals surface area contributed by atoms with Gasteiger partial charge in [0.2, 0.25) is 15.9 Å². The van der Waals surface area contributed by atoms with Crippen LogP contribution in [0, 0.1) is 16.7 Å². The van der Waals surface area contributed by atoms with Gasteiger partial charge in [0.15, 0.2) is 0 Å². The molecule has 1 amide bonds. The second-order valence-electron chi connectivity index (χ2n) is 8.40. The summed E-state index contributed by atoms with van der Waals surface area (Å²) in [5.41, 5.74) is -0.0557. The highest BCUT2D eigenvalue weighted by atomic mass is 32.2. The second kappa shape index (κ2) is 4.26. The normalized spacial score (nSPS) is 41.6. The summed E-state index contributed by atoms with van der Waals surface area (Å²) in [4.78, 5) is 14.2. The maximum Gasteiger partial charge on any atom is 0.237 e. The first-order valence-electron chi connectivity index (χ1n) is 8.44. The van der Waals surface area contributed by atoms with Crippen LogP contribution in [0.4, 0.5) is 0 Å². The SMILES string of the molecule is CN(C(=O)CN1[C@@H]2C[C@H]3CC[C@]2(CS1(=O)=O)C3(C)C)C1CC1. The number of carbonyl (C=O) groups is 1. The van der Waals surface area contributed by atoms with Crippen molar-refractivity contribution in [2.24, 2.45) is 16.7 Å². The molecule has 0 aromatic heterocycles. The van der Waals surface area contributed by atoms with Gasteiger partial charge < -0.3 is 4.90 Å². The molecule has 3 aliphatic carbocycles. The van der Waals surface area contributed by atoms with Crippen LogP contribution in [0.25, 0.3) is 0 Å². The molecular weight excluding hydrogens is 300 g/mol. The van der Waals surface area contributed by atoms with E-state index in [1.807, 2.05) is 7.05 Å². The van der Waals surface area contributed by atoms with E-state index in [9.17, 15) is 13.2 Å². The summed E-state index contributed by atoms with van der Waals surface area (Å²) in [6.07, 6.45) is 5.18. The van der Waals surface area contributed by atoms with Crippen molar-refractivity contribution in [1.82, 2.24) is 9.21 Å². The highest BCUT2D eigenvalue weighted by Gasteiger charge is 2.71. The summed E-state index contributed by atoms with van der Waals surface area (Å²) >= 11 is 0. The van der Waals surface area contributed by atoms with E-state index in [0.29, 0.717) is 12.0 Å². The highest BCUT2D eigenvalue weighted by Crippen LogP contribution is 2.69. The van der Waals surface area contributed by atoms with E-state index in [-0.39, 0.29) is 35.1 Å². The molecule has 2 bridgehead atoms. The standard InChI is InChI=1S/C16H26N2O3S/c1-15(2)11-6-7-16(15)10-22(20,21)18(13(16)8-11)9-14(19)17(3)12-4-5-12/h11-13H,4-10H2,1-3H3/t11-,13-,16-/m1/s1. The van der Waals surface area contributed by atoms with Crippen LogP contribution >= 0.6 is 0 Å². The number of carbonyl (C=O) groups excluding carboxylic acids is 1. The predicted octanol–water partition coefficient (Wildman–Crippen LogP) is 1.45. The number of sulfonamides is 1. The van der Waals surface area contributed by atoms with Crippen LogP contribution in [0.5, 0.6) is 0 Å². The van der Waals surface area contributed by atoms with Gasteiger partial charge in [-0.25, -0.2) is 8.42 Å². The fourth-order valence-electron chi connectivity index (χ4n) is 5.49. The molecule has 6 heteroatoms. The maximum atomic E-state index is 12.7. The van der Waals surface area contributed by atoms with Gasteiger partial charge in [0, 0.05) is 24.5 Å². The lowest BCUT2D eigenvalue weighted by molar-refractivity contribution is -0.131. The van der Waals surface area contributed by atoms with E-state index in [1.165, 1.54) is 0 Å². The largest absolute Gasteiger partial charge is 0.342 e. The Morgan fingerprint density at radius 1 is 1.27 bits per heavy atom. The summed E-state index contributed by atoms with van der Waals surface area (Å²) in [5.74, 6) is 0.810. The number of nitrogens with zero attached hydrogens (tertiary/aromatic N) is 2. The van der Waals surface area contributed by atoms with Crippen molar-refractivity contribution in [1.29, 1.82) is 0 Å². The van der Waals surface area contributed by atoms with Crippen molar-refractivity contribution in [3.05, 3.63) is 0 Å². The third-order valence-corrected chi connectivity index (χ3v) is 9.29. The topological polar surface area (TPSA) is 57.7 Å². The zero-order chi connectivity index (χ0) is 15.9. The zero-order valence-electron chi connectivity index (χ0n) is 13.7.